The van der Waals surface area contributed by atoms with Gasteiger partial charge >= 0.3 is 0 Å². The summed E-state index contributed by atoms with van der Waals surface area (Å²) in [5, 5.41) is 0. The average molecular weight is 155 g/mol. The molecule has 2 saturated carbocycles. The maximum Gasteiger partial charge on any atom is 0.111 e. The summed E-state index contributed by atoms with van der Waals surface area (Å²) in [5.41, 5.74) is -0.361. The molecule has 0 aromatic rings. The van der Waals surface area contributed by atoms with Crippen LogP contribution in [0.15, 0.2) is 0 Å². The van der Waals surface area contributed by atoms with Crippen LogP contribution in [-0.2, 0) is 0 Å². The summed E-state index contributed by atoms with van der Waals surface area (Å²) < 4.78 is 13.2. The number of alkyl halides is 1. The van der Waals surface area contributed by atoms with Crippen LogP contribution in [0, 0.1) is 11.8 Å². The van der Waals surface area contributed by atoms with Gasteiger partial charge in [-0.2, -0.15) is 0 Å². The second kappa shape index (κ2) is 2.21. The van der Waals surface area contributed by atoms with E-state index in [1.165, 1.54) is 19.3 Å². The number of rotatable bonds is 3. The van der Waals surface area contributed by atoms with Gasteiger partial charge in [0.2, 0.25) is 0 Å². The first-order valence-electron chi connectivity index (χ1n) is 4.65. The van der Waals surface area contributed by atoms with Crippen molar-refractivity contribution in [2.45, 2.75) is 51.1 Å². The third kappa shape index (κ3) is 1.57. The Morgan fingerprint density at radius 3 is 2.27 bits per heavy atom. The molecule has 0 aliphatic heterocycles. The van der Waals surface area contributed by atoms with Gasteiger partial charge in [-0.3, -0.25) is 0 Å². The molecule has 0 nitrogen and oxygen atoms in total. The van der Waals surface area contributed by atoms with Crippen LogP contribution < -0.4 is 0 Å². The van der Waals surface area contributed by atoms with Crippen molar-refractivity contribution in [2.75, 3.05) is 0 Å². The zero-order chi connectivity index (χ0) is 7.95. The molecule has 63 valence electrons. The van der Waals surface area contributed by atoms with E-state index in [1.54, 1.807) is 0 Å². The lowest BCUT2D eigenvalue weighted by molar-refractivity contribution is 0.182. The normalized spacial score (nSPS) is 31.1. The molecule has 2 aliphatic rings. The van der Waals surface area contributed by atoms with Gasteiger partial charge in [0.15, 0.2) is 0 Å². The monoisotopic (exact) mass is 155 g/mol. The third-order valence-electron chi connectivity index (χ3n) is 3.25. The van der Waals surface area contributed by atoms with Crippen LogP contribution in [0.25, 0.3) is 0 Å². The average Bonchev–Trinajstić information content (AvgIpc) is 2.61. The molecule has 0 bridgehead atoms. The van der Waals surface area contributed by atoms with Crippen LogP contribution in [0.3, 0.4) is 0 Å². The number of hydrogen-bond acceptors (Lipinski definition) is 0. The van der Waals surface area contributed by atoms with E-state index in [-0.39, 0.29) is 0 Å². The van der Waals surface area contributed by atoms with E-state index in [1.807, 2.05) is 0 Å². The van der Waals surface area contributed by atoms with Crippen LogP contribution in [-0.4, -0.2) is 5.67 Å². The van der Waals surface area contributed by atoms with Crippen molar-refractivity contribution in [3.63, 3.8) is 0 Å². The van der Waals surface area contributed by atoms with Gasteiger partial charge in [-0.05, 0) is 43.9 Å². The van der Waals surface area contributed by atoms with E-state index >= 15 is 0 Å². The molecule has 0 aromatic heterocycles. The highest BCUT2D eigenvalue weighted by molar-refractivity contribution is 5.04. The Balaban J connectivity index is 1.73. The Bertz CT molecular complexity index is 154. The van der Waals surface area contributed by atoms with Crippen LogP contribution in [0.2, 0.25) is 0 Å². The lowest BCUT2D eigenvalue weighted by atomic mass is 9.67. The van der Waals surface area contributed by atoms with E-state index in [2.05, 4.69) is 13.3 Å². The molecule has 2 fully saturated rings. The van der Waals surface area contributed by atoms with Gasteiger partial charge in [0.1, 0.15) is 5.67 Å². The lowest BCUT2D eigenvalue weighted by Gasteiger charge is -2.38. The summed E-state index contributed by atoms with van der Waals surface area (Å²) in [5.74, 6) is 0. The molecule has 0 amide bonds. The summed E-state index contributed by atoms with van der Waals surface area (Å²) in [6, 6.07) is 0. The molecule has 0 unspecified atom stereocenters. The van der Waals surface area contributed by atoms with Gasteiger partial charge < -0.3 is 0 Å². The van der Waals surface area contributed by atoms with E-state index in [0.717, 1.165) is 12.8 Å². The summed E-state index contributed by atoms with van der Waals surface area (Å²) in [6.45, 7) is 2.25. The van der Waals surface area contributed by atoms with E-state index < -0.39 is 5.67 Å². The van der Waals surface area contributed by atoms with Crippen molar-refractivity contribution in [3.8, 4) is 0 Å². The molecule has 2 aliphatic carbocycles. The zero-order valence-electron chi connectivity index (χ0n) is 7.20. The predicted molar refractivity (Wildman–Crippen MR) is 43.9 cm³/mol. The Morgan fingerprint density at radius 2 is 1.91 bits per heavy atom. The van der Waals surface area contributed by atoms with Gasteiger partial charge in [0, 0.05) is 0 Å². The number of hydrogen-bond donors (Lipinski definition) is 0. The van der Waals surface area contributed by atoms with Crippen LogP contribution in [0.1, 0.15) is 45.4 Å². The number of halogens is 1. The van der Waals surface area contributed by atoms with Crippen molar-refractivity contribution >= 4 is 0 Å². The minimum Gasteiger partial charge on any atom is -0.244 e. The van der Waals surface area contributed by atoms with Crippen molar-refractivity contribution in [1.29, 1.82) is 0 Å². The van der Waals surface area contributed by atoms with Crippen molar-refractivity contribution in [3.05, 3.63) is 6.42 Å². The third-order valence-corrected chi connectivity index (χ3v) is 3.25. The van der Waals surface area contributed by atoms with Crippen LogP contribution in [0.4, 0.5) is 4.39 Å². The standard InChI is InChI=1S/C10H16F/c1-9(3-2-4-9)5-6-10(11)7-8-10/h5H,2-4,6-8H2,1H3. The highest BCUT2D eigenvalue weighted by Crippen LogP contribution is 2.50. The summed E-state index contributed by atoms with van der Waals surface area (Å²) in [6.07, 6.45) is 8.45. The highest BCUT2D eigenvalue weighted by atomic mass is 19.1. The Hall–Kier alpha value is -0.0700. The van der Waals surface area contributed by atoms with Gasteiger partial charge in [-0.15, -0.1) is 0 Å². The second-order valence-corrected chi connectivity index (χ2v) is 4.57. The van der Waals surface area contributed by atoms with Gasteiger partial charge in [-0.1, -0.05) is 13.3 Å². The molecule has 0 spiro atoms. The van der Waals surface area contributed by atoms with Crippen molar-refractivity contribution in [2.24, 2.45) is 5.41 Å². The van der Waals surface area contributed by atoms with Gasteiger partial charge in [0.05, 0.1) is 0 Å². The molecular formula is C10H16F. The van der Waals surface area contributed by atoms with Crippen LogP contribution >= 0.6 is 0 Å². The predicted octanol–water partition coefficient (Wildman–Crippen LogP) is 3.27. The van der Waals surface area contributed by atoms with E-state index in [9.17, 15) is 4.39 Å². The first-order valence-corrected chi connectivity index (χ1v) is 4.65. The molecule has 1 heteroatoms. The van der Waals surface area contributed by atoms with Crippen molar-refractivity contribution < 1.29 is 4.39 Å². The molecule has 0 atom stereocenters. The quantitative estimate of drug-likeness (QED) is 0.586. The minimum atomic E-state index is -0.765. The highest BCUT2D eigenvalue weighted by Gasteiger charge is 2.45. The lowest BCUT2D eigenvalue weighted by Crippen LogP contribution is -2.27. The van der Waals surface area contributed by atoms with Crippen LogP contribution in [0.5, 0.6) is 0 Å². The molecule has 0 saturated heterocycles. The topological polar surface area (TPSA) is 0 Å². The zero-order valence-corrected chi connectivity index (χ0v) is 7.20. The Kier molecular flexibility index (Phi) is 1.52. The molecule has 1 radical (unpaired) electrons. The smallest absolute Gasteiger partial charge is 0.111 e. The van der Waals surface area contributed by atoms with E-state index in [0.29, 0.717) is 11.8 Å². The first kappa shape index (κ1) is 7.57. The maximum atomic E-state index is 13.2. The molecule has 0 heterocycles. The summed E-state index contributed by atoms with van der Waals surface area (Å²) >= 11 is 0. The molecule has 0 aromatic carbocycles. The fourth-order valence-corrected chi connectivity index (χ4v) is 1.71. The summed E-state index contributed by atoms with van der Waals surface area (Å²) in [4.78, 5) is 0. The summed E-state index contributed by atoms with van der Waals surface area (Å²) in [7, 11) is 0. The van der Waals surface area contributed by atoms with Gasteiger partial charge in [-0.25, -0.2) is 4.39 Å². The first-order chi connectivity index (χ1) is 5.12. The Labute approximate surface area is 68.2 Å². The SMILES string of the molecule is CC1([CH]CC2(F)CC2)CCC1. The minimum absolute atomic E-state index is 0.404. The second-order valence-electron chi connectivity index (χ2n) is 4.57. The largest absolute Gasteiger partial charge is 0.244 e. The van der Waals surface area contributed by atoms with Crippen molar-refractivity contribution in [1.82, 2.24) is 0 Å². The molecule has 11 heavy (non-hydrogen) atoms. The molecule has 0 N–H and O–H groups in total. The van der Waals surface area contributed by atoms with E-state index in [4.69, 9.17) is 0 Å². The van der Waals surface area contributed by atoms with Gasteiger partial charge in [0.25, 0.3) is 0 Å². The fourth-order valence-electron chi connectivity index (χ4n) is 1.71. The Morgan fingerprint density at radius 1 is 1.27 bits per heavy atom. The molecular weight excluding hydrogens is 139 g/mol. The molecule has 2 rings (SSSR count). The maximum absolute atomic E-state index is 13.2. The fraction of sp³-hybridized carbons (Fsp3) is 0.900.